The van der Waals surface area contributed by atoms with E-state index in [-0.39, 0.29) is 5.43 Å². The monoisotopic (exact) mass is 444 g/mol. The lowest BCUT2D eigenvalue weighted by molar-refractivity contribution is 0.308. The molecule has 33 heavy (non-hydrogen) atoms. The predicted molar refractivity (Wildman–Crippen MR) is 137 cm³/mol. The number of hydrogen-bond acceptors (Lipinski definition) is 4. The molecule has 0 amide bonds. The highest BCUT2D eigenvalue weighted by molar-refractivity contribution is 5.73. The number of hydrogen-bond donors (Lipinski definition) is 0. The van der Waals surface area contributed by atoms with Crippen molar-refractivity contribution in [2.24, 2.45) is 0 Å². The topological polar surface area (TPSA) is 48.7 Å². The minimum absolute atomic E-state index is 0.111. The summed E-state index contributed by atoms with van der Waals surface area (Å²) in [4.78, 5) is 12.2. The van der Waals surface area contributed by atoms with Crippen molar-refractivity contribution in [3.8, 4) is 11.5 Å². The van der Waals surface area contributed by atoms with Crippen molar-refractivity contribution in [2.45, 2.75) is 39.5 Å². The number of unbranched alkanes of at least 4 members (excludes halogenated alkanes) is 2. The van der Waals surface area contributed by atoms with Gasteiger partial charge in [0.15, 0.2) is 5.43 Å². The minimum Gasteiger partial charge on any atom is -0.493 e. The molecule has 0 radical (unpaired) electrons. The summed E-state index contributed by atoms with van der Waals surface area (Å²) in [5.41, 5.74) is 1.77. The van der Waals surface area contributed by atoms with Crippen molar-refractivity contribution in [1.82, 2.24) is 0 Å². The van der Waals surface area contributed by atoms with Crippen LogP contribution in [0.4, 0.5) is 0 Å². The smallest absolute Gasteiger partial charge is 0.186 e. The Morgan fingerprint density at radius 2 is 1.15 bits per heavy atom. The Labute approximate surface area is 196 Å². The second kappa shape index (κ2) is 13.1. The van der Waals surface area contributed by atoms with Crippen molar-refractivity contribution in [3.63, 3.8) is 0 Å². The summed E-state index contributed by atoms with van der Waals surface area (Å²) in [5.74, 6) is 2.61. The molecule has 3 rings (SSSR count). The van der Waals surface area contributed by atoms with E-state index >= 15 is 0 Å². The van der Waals surface area contributed by atoms with Crippen molar-refractivity contribution in [1.29, 1.82) is 0 Å². The van der Waals surface area contributed by atoms with E-state index in [0.29, 0.717) is 24.7 Å². The van der Waals surface area contributed by atoms with E-state index in [1.807, 2.05) is 60.7 Å². The van der Waals surface area contributed by atoms with Gasteiger partial charge in [-0.2, -0.15) is 0 Å². The number of rotatable bonds is 12. The van der Waals surface area contributed by atoms with Gasteiger partial charge in [0.05, 0.1) is 13.2 Å². The first-order valence-electron chi connectivity index (χ1n) is 11.6. The third kappa shape index (κ3) is 7.83. The lowest BCUT2D eigenvalue weighted by atomic mass is 10.1. The van der Waals surface area contributed by atoms with Gasteiger partial charge in [-0.05, 0) is 49.3 Å². The van der Waals surface area contributed by atoms with Crippen molar-refractivity contribution < 1.29 is 13.9 Å². The normalized spacial score (nSPS) is 11.3. The number of benzene rings is 2. The quantitative estimate of drug-likeness (QED) is 0.274. The average molecular weight is 445 g/mol. The van der Waals surface area contributed by atoms with Crippen LogP contribution in [-0.4, -0.2) is 13.2 Å². The molecule has 0 saturated carbocycles. The van der Waals surface area contributed by atoms with Crippen molar-refractivity contribution in [3.05, 3.63) is 93.5 Å². The molecule has 0 atom stereocenters. The molecule has 172 valence electrons. The lowest BCUT2D eigenvalue weighted by Crippen LogP contribution is -1.99. The summed E-state index contributed by atoms with van der Waals surface area (Å²) < 4.78 is 17.7. The first-order valence-corrected chi connectivity index (χ1v) is 11.6. The second-order valence-corrected chi connectivity index (χ2v) is 7.74. The van der Waals surface area contributed by atoms with Crippen LogP contribution in [0.1, 0.15) is 62.2 Å². The molecule has 4 heteroatoms. The zero-order chi connectivity index (χ0) is 23.3. The molecule has 0 bridgehead atoms. The number of para-hydroxylation sites is 2. The Bertz CT molecular complexity index is 1040. The first kappa shape index (κ1) is 24.1. The Balaban J connectivity index is 1.77. The van der Waals surface area contributed by atoms with Crippen LogP contribution < -0.4 is 14.9 Å². The van der Waals surface area contributed by atoms with Gasteiger partial charge in [-0.1, -0.05) is 63.1 Å². The van der Waals surface area contributed by atoms with Crippen LogP contribution in [0.2, 0.25) is 0 Å². The Hall–Kier alpha value is -3.53. The van der Waals surface area contributed by atoms with E-state index < -0.39 is 0 Å². The van der Waals surface area contributed by atoms with Gasteiger partial charge < -0.3 is 13.9 Å². The van der Waals surface area contributed by atoms with E-state index in [0.717, 1.165) is 48.3 Å². The van der Waals surface area contributed by atoms with E-state index in [1.54, 1.807) is 12.2 Å². The zero-order valence-electron chi connectivity index (χ0n) is 19.5. The molecule has 0 aliphatic rings. The molecule has 3 aromatic rings. The van der Waals surface area contributed by atoms with E-state index in [9.17, 15) is 4.79 Å². The van der Waals surface area contributed by atoms with Crippen LogP contribution in [0.3, 0.4) is 0 Å². The lowest BCUT2D eigenvalue weighted by Gasteiger charge is -2.08. The first-order chi connectivity index (χ1) is 16.2. The Morgan fingerprint density at radius 3 is 1.61 bits per heavy atom. The fraction of sp³-hybridized carbons (Fsp3) is 0.276. The highest BCUT2D eigenvalue weighted by atomic mass is 16.5. The summed E-state index contributed by atoms with van der Waals surface area (Å²) in [6.07, 6.45) is 11.6. The SMILES string of the molecule is CCCCOc1ccccc1/C=C/c1cc(=O)cc(/C=C/c2ccccc2OCCCC)o1. The summed E-state index contributed by atoms with van der Waals surface area (Å²) in [5, 5.41) is 0. The zero-order valence-corrected chi connectivity index (χ0v) is 19.5. The third-order valence-electron chi connectivity index (χ3n) is 5.01. The molecule has 0 N–H and O–H groups in total. The highest BCUT2D eigenvalue weighted by Crippen LogP contribution is 2.23. The van der Waals surface area contributed by atoms with Gasteiger partial charge in [0.1, 0.15) is 23.0 Å². The third-order valence-corrected chi connectivity index (χ3v) is 5.01. The predicted octanol–water partition coefficient (Wildman–Crippen LogP) is 7.34. The molecule has 0 fully saturated rings. The maximum Gasteiger partial charge on any atom is 0.186 e. The van der Waals surface area contributed by atoms with Crippen molar-refractivity contribution >= 4 is 24.3 Å². The van der Waals surface area contributed by atoms with Gasteiger partial charge in [-0.15, -0.1) is 0 Å². The molecule has 1 heterocycles. The number of ether oxygens (including phenoxy) is 2. The van der Waals surface area contributed by atoms with E-state index in [4.69, 9.17) is 13.9 Å². The van der Waals surface area contributed by atoms with Gasteiger partial charge in [-0.25, -0.2) is 0 Å². The average Bonchev–Trinajstić information content (AvgIpc) is 2.83. The van der Waals surface area contributed by atoms with Gasteiger partial charge in [-0.3, -0.25) is 4.79 Å². The van der Waals surface area contributed by atoms with Crippen LogP contribution in [0.15, 0.2) is 69.9 Å². The fourth-order valence-electron chi connectivity index (χ4n) is 3.18. The second-order valence-electron chi connectivity index (χ2n) is 7.74. The van der Waals surface area contributed by atoms with Gasteiger partial charge in [0, 0.05) is 23.3 Å². The van der Waals surface area contributed by atoms with Gasteiger partial charge in [0.25, 0.3) is 0 Å². The van der Waals surface area contributed by atoms with Crippen LogP contribution in [0.25, 0.3) is 24.3 Å². The molecule has 0 aliphatic carbocycles. The summed E-state index contributed by atoms with van der Waals surface area (Å²) >= 11 is 0. The maximum absolute atomic E-state index is 12.2. The highest BCUT2D eigenvalue weighted by Gasteiger charge is 2.03. The summed E-state index contributed by atoms with van der Waals surface area (Å²) in [6, 6.07) is 18.7. The maximum atomic E-state index is 12.2. The largest absolute Gasteiger partial charge is 0.493 e. The Kier molecular flexibility index (Phi) is 9.59. The molecule has 0 saturated heterocycles. The fourth-order valence-corrected chi connectivity index (χ4v) is 3.18. The molecule has 1 aromatic heterocycles. The van der Waals surface area contributed by atoms with Crippen LogP contribution in [0, 0.1) is 0 Å². The van der Waals surface area contributed by atoms with E-state index in [2.05, 4.69) is 13.8 Å². The molecular weight excluding hydrogens is 412 g/mol. The van der Waals surface area contributed by atoms with Crippen LogP contribution in [0.5, 0.6) is 11.5 Å². The molecule has 2 aromatic carbocycles. The van der Waals surface area contributed by atoms with Crippen LogP contribution in [-0.2, 0) is 0 Å². The molecule has 0 aliphatic heterocycles. The minimum atomic E-state index is -0.111. The molecule has 0 unspecified atom stereocenters. The van der Waals surface area contributed by atoms with Gasteiger partial charge >= 0.3 is 0 Å². The standard InChI is InChI=1S/C29H32O4/c1-3-5-19-31-28-13-9-7-11-23(28)15-17-26-21-25(30)22-27(33-26)18-16-24-12-8-10-14-29(24)32-20-6-4-2/h7-18,21-22H,3-6,19-20H2,1-2H3/b17-15+,18-16+. The molecule has 0 spiro atoms. The molecular formula is C29H32O4. The molecule has 4 nitrogen and oxygen atoms in total. The summed E-state index contributed by atoms with van der Waals surface area (Å²) in [6.45, 7) is 5.63. The Morgan fingerprint density at radius 1 is 0.697 bits per heavy atom. The summed E-state index contributed by atoms with van der Waals surface area (Å²) in [7, 11) is 0. The van der Waals surface area contributed by atoms with Crippen molar-refractivity contribution in [2.75, 3.05) is 13.2 Å². The van der Waals surface area contributed by atoms with E-state index in [1.165, 1.54) is 12.1 Å². The van der Waals surface area contributed by atoms with Crippen LogP contribution >= 0.6 is 0 Å². The van der Waals surface area contributed by atoms with Gasteiger partial charge in [0.2, 0.25) is 0 Å².